The van der Waals surface area contributed by atoms with Crippen LogP contribution in [0.15, 0.2) is 91.0 Å². The van der Waals surface area contributed by atoms with Crippen molar-refractivity contribution in [1.29, 1.82) is 0 Å². The van der Waals surface area contributed by atoms with Crippen LogP contribution in [0.2, 0.25) is 5.02 Å². The summed E-state index contributed by atoms with van der Waals surface area (Å²) >= 11 is 5.88. The summed E-state index contributed by atoms with van der Waals surface area (Å²) in [5.41, 5.74) is 1.74. The Hall–Kier alpha value is -3.30. The van der Waals surface area contributed by atoms with Crippen LogP contribution in [0.25, 0.3) is 10.8 Å². The van der Waals surface area contributed by atoms with Gasteiger partial charge in [0.25, 0.3) is 0 Å². The van der Waals surface area contributed by atoms with E-state index in [1.165, 1.54) is 0 Å². The summed E-state index contributed by atoms with van der Waals surface area (Å²) in [6, 6.07) is 28.6. The number of ether oxygens (including phenoxy) is 1. The minimum atomic E-state index is -0.0530. The smallest absolute Gasteiger partial charge is 0.228 e. The van der Waals surface area contributed by atoms with Crippen molar-refractivity contribution in [2.24, 2.45) is 0 Å². The van der Waals surface area contributed by atoms with Crippen LogP contribution in [-0.2, 0) is 11.2 Å². The molecule has 1 amide bonds. The van der Waals surface area contributed by atoms with E-state index in [1.807, 2.05) is 66.7 Å². The predicted octanol–water partition coefficient (Wildman–Crippen LogP) is 6.47. The van der Waals surface area contributed by atoms with Crippen LogP contribution in [0.5, 0.6) is 11.5 Å². The van der Waals surface area contributed by atoms with Crippen molar-refractivity contribution in [1.82, 2.24) is 0 Å². The molecular weight excluding hydrogens is 370 g/mol. The number of nitrogens with one attached hydrogen (secondary N) is 1. The summed E-state index contributed by atoms with van der Waals surface area (Å²) in [6.45, 7) is 0. The van der Waals surface area contributed by atoms with E-state index >= 15 is 0 Å². The van der Waals surface area contributed by atoms with E-state index in [9.17, 15) is 4.79 Å². The second-order valence-corrected chi connectivity index (χ2v) is 6.88. The Bertz CT molecular complexity index is 1100. The van der Waals surface area contributed by atoms with E-state index < -0.39 is 0 Å². The van der Waals surface area contributed by atoms with Gasteiger partial charge in [0.2, 0.25) is 5.91 Å². The molecule has 0 heterocycles. The highest BCUT2D eigenvalue weighted by Gasteiger charge is 2.08. The van der Waals surface area contributed by atoms with Crippen molar-refractivity contribution in [2.45, 2.75) is 6.42 Å². The summed E-state index contributed by atoms with van der Waals surface area (Å²) in [7, 11) is 0. The van der Waals surface area contributed by atoms with Crippen LogP contribution in [0.1, 0.15) is 5.56 Å². The lowest BCUT2D eigenvalue weighted by Gasteiger charge is -2.09. The van der Waals surface area contributed by atoms with Crippen molar-refractivity contribution >= 4 is 34.0 Å². The highest BCUT2D eigenvalue weighted by atomic mass is 35.5. The number of hydrogen-bond donors (Lipinski definition) is 1. The van der Waals surface area contributed by atoms with E-state index in [1.54, 1.807) is 12.1 Å². The van der Waals surface area contributed by atoms with Gasteiger partial charge < -0.3 is 10.1 Å². The minimum Gasteiger partial charge on any atom is -0.457 e. The molecule has 4 aromatic rings. The fourth-order valence-electron chi connectivity index (χ4n) is 3.07. The van der Waals surface area contributed by atoms with Gasteiger partial charge in [-0.1, -0.05) is 54.1 Å². The Morgan fingerprint density at radius 1 is 0.786 bits per heavy atom. The molecule has 0 aliphatic rings. The molecule has 0 aromatic heterocycles. The highest BCUT2D eigenvalue weighted by Crippen LogP contribution is 2.25. The average molecular weight is 388 g/mol. The maximum Gasteiger partial charge on any atom is 0.228 e. The first kappa shape index (κ1) is 18.1. The molecule has 0 radical (unpaired) electrons. The van der Waals surface area contributed by atoms with Gasteiger partial charge in [-0.05, 0) is 64.9 Å². The number of fused-ring (bicyclic) bond motifs is 1. The molecule has 0 spiro atoms. The lowest BCUT2D eigenvalue weighted by atomic mass is 10.0. The summed E-state index contributed by atoms with van der Waals surface area (Å²) in [5.74, 6) is 1.34. The number of benzene rings is 4. The van der Waals surface area contributed by atoms with E-state index in [0.29, 0.717) is 22.9 Å². The fourth-order valence-corrected chi connectivity index (χ4v) is 3.20. The van der Waals surface area contributed by atoms with Crippen LogP contribution < -0.4 is 10.1 Å². The number of amides is 1. The number of hydrogen-bond acceptors (Lipinski definition) is 2. The second-order valence-electron chi connectivity index (χ2n) is 6.44. The van der Waals surface area contributed by atoms with Gasteiger partial charge >= 0.3 is 0 Å². The highest BCUT2D eigenvalue weighted by molar-refractivity contribution is 6.30. The first-order valence-electron chi connectivity index (χ1n) is 8.97. The molecule has 0 saturated heterocycles. The maximum atomic E-state index is 12.5. The minimum absolute atomic E-state index is 0.0530. The quantitative estimate of drug-likeness (QED) is 0.426. The second kappa shape index (κ2) is 8.15. The molecule has 138 valence electrons. The molecule has 28 heavy (non-hydrogen) atoms. The standard InChI is InChI=1S/C24H18ClNO2/c25-19-8-12-21(13-9-19)28-22-14-10-20(11-15-22)26-24(27)16-18-6-3-5-17-4-1-2-7-23(17)18/h1-15H,16H2,(H,26,27). The Morgan fingerprint density at radius 3 is 2.18 bits per heavy atom. The predicted molar refractivity (Wildman–Crippen MR) is 114 cm³/mol. The lowest BCUT2D eigenvalue weighted by molar-refractivity contribution is -0.115. The molecule has 0 atom stereocenters. The Balaban J connectivity index is 1.41. The van der Waals surface area contributed by atoms with Crippen LogP contribution in [0.4, 0.5) is 5.69 Å². The van der Waals surface area contributed by atoms with Gasteiger partial charge in [-0.2, -0.15) is 0 Å². The maximum absolute atomic E-state index is 12.5. The molecule has 0 aliphatic heterocycles. The Labute approximate surface area is 168 Å². The third-order valence-electron chi connectivity index (χ3n) is 4.42. The molecule has 0 unspecified atom stereocenters. The normalized spacial score (nSPS) is 10.6. The zero-order valence-corrected chi connectivity index (χ0v) is 15.8. The van der Waals surface area contributed by atoms with E-state index in [2.05, 4.69) is 17.4 Å². The Kier molecular flexibility index (Phi) is 5.27. The van der Waals surface area contributed by atoms with Crippen molar-refractivity contribution in [3.05, 3.63) is 102 Å². The van der Waals surface area contributed by atoms with Gasteiger partial charge in [-0.3, -0.25) is 4.79 Å². The van der Waals surface area contributed by atoms with Crippen LogP contribution in [-0.4, -0.2) is 5.91 Å². The summed E-state index contributed by atoms with van der Waals surface area (Å²) in [5, 5.41) is 5.84. The van der Waals surface area contributed by atoms with Gasteiger partial charge in [0.05, 0.1) is 6.42 Å². The monoisotopic (exact) mass is 387 g/mol. The van der Waals surface area contributed by atoms with Crippen molar-refractivity contribution in [2.75, 3.05) is 5.32 Å². The number of rotatable bonds is 5. The zero-order chi connectivity index (χ0) is 19.3. The van der Waals surface area contributed by atoms with Crippen LogP contribution >= 0.6 is 11.6 Å². The molecule has 0 aliphatic carbocycles. The Morgan fingerprint density at radius 2 is 1.43 bits per heavy atom. The SMILES string of the molecule is O=C(Cc1cccc2ccccc12)Nc1ccc(Oc2ccc(Cl)cc2)cc1. The van der Waals surface area contributed by atoms with E-state index in [4.69, 9.17) is 16.3 Å². The van der Waals surface area contributed by atoms with Gasteiger partial charge in [0.15, 0.2) is 0 Å². The van der Waals surface area contributed by atoms with E-state index in [-0.39, 0.29) is 5.91 Å². The van der Waals surface area contributed by atoms with Crippen molar-refractivity contribution < 1.29 is 9.53 Å². The molecule has 0 fully saturated rings. The van der Waals surface area contributed by atoms with Gasteiger partial charge in [0.1, 0.15) is 11.5 Å². The van der Waals surface area contributed by atoms with Crippen LogP contribution in [0.3, 0.4) is 0 Å². The molecule has 3 nitrogen and oxygen atoms in total. The molecule has 1 N–H and O–H groups in total. The van der Waals surface area contributed by atoms with E-state index in [0.717, 1.165) is 22.0 Å². The first-order chi connectivity index (χ1) is 13.7. The molecule has 4 aromatic carbocycles. The summed E-state index contributed by atoms with van der Waals surface area (Å²) in [6.07, 6.45) is 0.324. The molecule has 0 saturated carbocycles. The number of carbonyl (C=O) groups is 1. The lowest BCUT2D eigenvalue weighted by Crippen LogP contribution is -2.14. The van der Waals surface area contributed by atoms with Gasteiger partial charge in [-0.25, -0.2) is 0 Å². The molecular formula is C24H18ClNO2. The third kappa shape index (κ3) is 4.33. The topological polar surface area (TPSA) is 38.3 Å². The number of halogens is 1. The zero-order valence-electron chi connectivity index (χ0n) is 15.1. The third-order valence-corrected chi connectivity index (χ3v) is 4.67. The molecule has 4 rings (SSSR count). The van der Waals surface area contributed by atoms with Gasteiger partial charge in [0, 0.05) is 10.7 Å². The van der Waals surface area contributed by atoms with Crippen molar-refractivity contribution in [3.63, 3.8) is 0 Å². The molecule has 0 bridgehead atoms. The van der Waals surface area contributed by atoms with Gasteiger partial charge in [-0.15, -0.1) is 0 Å². The number of anilines is 1. The fraction of sp³-hybridized carbons (Fsp3) is 0.0417. The largest absolute Gasteiger partial charge is 0.457 e. The number of carbonyl (C=O) groups excluding carboxylic acids is 1. The summed E-state index contributed by atoms with van der Waals surface area (Å²) < 4.78 is 5.77. The first-order valence-corrected chi connectivity index (χ1v) is 9.35. The average Bonchev–Trinajstić information content (AvgIpc) is 2.71. The molecule has 4 heteroatoms. The summed E-state index contributed by atoms with van der Waals surface area (Å²) in [4.78, 5) is 12.5. The van der Waals surface area contributed by atoms with Crippen LogP contribution in [0, 0.1) is 0 Å². The van der Waals surface area contributed by atoms with Crippen molar-refractivity contribution in [3.8, 4) is 11.5 Å².